The number of carboxylic acid groups (broad SMARTS) is 2. The first-order chi connectivity index (χ1) is 11.0. The van der Waals surface area contributed by atoms with Gasteiger partial charge >= 0.3 is 11.9 Å². The van der Waals surface area contributed by atoms with Crippen LogP contribution < -0.4 is 22.1 Å². The van der Waals surface area contributed by atoms with E-state index >= 15 is 0 Å². The third-order valence-corrected chi connectivity index (χ3v) is 2.61. The van der Waals surface area contributed by atoms with E-state index in [4.69, 9.17) is 21.7 Å². The Morgan fingerprint density at radius 1 is 1.21 bits per heavy atom. The lowest BCUT2D eigenvalue weighted by Crippen LogP contribution is -2.49. The van der Waals surface area contributed by atoms with Crippen LogP contribution in [0.1, 0.15) is 12.8 Å². The predicted octanol–water partition coefficient (Wildman–Crippen LogP) is -2.05. The summed E-state index contributed by atoms with van der Waals surface area (Å²) in [7, 11) is 0. The molecule has 0 saturated carbocycles. The summed E-state index contributed by atoms with van der Waals surface area (Å²) in [4.78, 5) is 43.7. The third-order valence-electron chi connectivity index (χ3n) is 2.25. The van der Waals surface area contributed by atoms with E-state index in [1.165, 1.54) is 0 Å². The van der Waals surface area contributed by atoms with Crippen molar-refractivity contribution < 1.29 is 29.4 Å². The van der Waals surface area contributed by atoms with E-state index in [9.17, 15) is 19.2 Å². The third kappa shape index (κ3) is 15.3. The average molecular weight is 401 g/mol. The number of carbonyl (C=O) groups is 4. The Kier molecular flexibility index (Phi) is 14.2. The van der Waals surface area contributed by atoms with Crippen LogP contribution in [0.4, 0.5) is 0 Å². The smallest absolute Gasteiger partial charge is 0.322 e. The molecular weight excluding hydrogens is 380 g/mol. The molecule has 0 aromatic heterocycles. The number of hydrogen-bond donors (Lipinski definition) is 8. The topological polar surface area (TPSA) is 185 Å². The molecule has 0 spiro atoms. The van der Waals surface area contributed by atoms with Crippen LogP contribution in [0.25, 0.3) is 0 Å². The number of carboxylic acids is 2. The molecule has 0 aliphatic heterocycles. The summed E-state index contributed by atoms with van der Waals surface area (Å²) < 4.78 is 0.194. The molecule has 2 unspecified atom stereocenters. The Labute approximate surface area is 154 Å². The second kappa shape index (κ2) is 13.8. The van der Waals surface area contributed by atoms with Gasteiger partial charge in [0.05, 0.1) is 0 Å². The Balaban J connectivity index is 0. The number of nitrogens with two attached hydrogens (primary N) is 2. The standard InChI is InChI=1S/C10H17N3O6S.CH3NS2/c11-5(10(18)19)1-2-7(14)13-6(4-20)9(17)12-3-8(15)16;2-1(3)4/h5-6,20H,1-4,11H2,(H,12,17)(H,13,14)(H,15,16)(H,18,19);(H3,2,3,4). The van der Waals surface area contributed by atoms with Crippen molar-refractivity contribution in [2.75, 3.05) is 12.3 Å². The lowest BCUT2D eigenvalue weighted by molar-refractivity contribution is -0.139. The van der Waals surface area contributed by atoms with Crippen LogP contribution in [0.15, 0.2) is 0 Å². The zero-order valence-corrected chi connectivity index (χ0v) is 15.1. The molecule has 138 valence electrons. The van der Waals surface area contributed by atoms with E-state index < -0.39 is 42.4 Å². The molecule has 0 aliphatic carbocycles. The van der Waals surface area contributed by atoms with Crippen molar-refractivity contribution in [1.82, 2.24) is 10.6 Å². The lowest BCUT2D eigenvalue weighted by Gasteiger charge is -2.16. The van der Waals surface area contributed by atoms with Crippen molar-refractivity contribution in [1.29, 1.82) is 0 Å². The summed E-state index contributed by atoms with van der Waals surface area (Å²) in [5, 5.41) is 21.4. The zero-order chi connectivity index (χ0) is 19.3. The Morgan fingerprint density at radius 2 is 1.71 bits per heavy atom. The minimum Gasteiger partial charge on any atom is -0.480 e. The fraction of sp³-hybridized carbons (Fsp3) is 0.545. The molecule has 0 fully saturated rings. The van der Waals surface area contributed by atoms with Gasteiger partial charge < -0.3 is 32.3 Å². The molecule has 0 aromatic rings. The van der Waals surface area contributed by atoms with E-state index in [-0.39, 0.29) is 22.9 Å². The van der Waals surface area contributed by atoms with Crippen molar-refractivity contribution in [3.8, 4) is 0 Å². The van der Waals surface area contributed by atoms with Gasteiger partial charge in [0.15, 0.2) is 0 Å². The summed E-state index contributed by atoms with van der Waals surface area (Å²) in [5.41, 5.74) is 9.94. The molecule has 0 aliphatic rings. The van der Waals surface area contributed by atoms with Gasteiger partial charge in [-0.05, 0) is 6.42 Å². The van der Waals surface area contributed by atoms with E-state index in [1.54, 1.807) is 0 Å². The normalized spacial score (nSPS) is 12.0. The number of amides is 2. The first kappa shape index (κ1) is 24.7. The molecule has 0 bridgehead atoms. The number of thiocarbonyl (C=S) groups is 1. The minimum absolute atomic E-state index is 0.0256. The molecule has 2 amide bonds. The second-order valence-corrected chi connectivity index (χ2v) is 5.83. The maximum Gasteiger partial charge on any atom is 0.322 e. The van der Waals surface area contributed by atoms with Crippen LogP contribution >= 0.6 is 37.5 Å². The van der Waals surface area contributed by atoms with Crippen LogP contribution in [0.2, 0.25) is 0 Å². The van der Waals surface area contributed by atoms with E-state index in [1.807, 2.05) is 0 Å². The van der Waals surface area contributed by atoms with Crippen molar-refractivity contribution in [2.45, 2.75) is 24.9 Å². The van der Waals surface area contributed by atoms with Crippen molar-refractivity contribution in [2.24, 2.45) is 11.5 Å². The van der Waals surface area contributed by atoms with Crippen molar-refractivity contribution >= 4 is 65.5 Å². The number of nitrogens with one attached hydrogen (secondary N) is 2. The molecule has 2 atom stereocenters. The zero-order valence-electron chi connectivity index (χ0n) is 12.5. The van der Waals surface area contributed by atoms with Gasteiger partial charge in [-0.1, -0.05) is 12.2 Å². The number of rotatable bonds is 9. The van der Waals surface area contributed by atoms with Gasteiger partial charge in [-0.25, -0.2) is 0 Å². The summed E-state index contributed by atoms with van der Waals surface area (Å²) in [6, 6.07) is -2.15. The SMILES string of the molecule is NC(=S)S.NC(CCC(=O)NC(CS)C(=O)NCC(=O)O)C(=O)O. The minimum atomic E-state index is -1.22. The fourth-order valence-corrected chi connectivity index (χ4v) is 1.41. The first-order valence-corrected chi connectivity index (χ1v) is 7.86. The van der Waals surface area contributed by atoms with E-state index in [0.29, 0.717) is 0 Å². The maximum atomic E-state index is 11.5. The summed E-state index contributed by atoms with van der Waals surface area (Å²) in [5.74, 6) is -3.70. The highest BCUT2D eigenvalue weighted by atomic mass is 32.1. The number of carbonyl (C=O) groups excluding carboxylic acids is 2. The first-order valence-electron chi connectivity index (χ1n) is 6.37. The van der Waals surface area contributed by atoms with Gasteiger partial charge in [0, 0.05) is 12.2 Å². The molecular formula is C11H20N4O6S3. The maximum absolute atomic E-state index is 11.5. The van der Waals surface area contributed by atoms with Crippen LogP contribution in [0, 0.1) is 0 Å². The number of aliphatic carboxylic acids is 2. The van der Waals surface area contributed by atoms with Gasteiger partial charge in [-0.3, -0.25) is 19.2 Å². The lowest BCUT2D eigenvalue weighted by atomic mass is 10.1. The highest BCUT2D eigenvalue weighted by Crippen LogP contribution is 1.97. The Morgan fingerprint density at radius 3 is 2.08 bits per heavy atom. The molecule has 10 nitrogen and oxygen atoms in total. The second-order valence-electron chi connectivity index (χ2n) is 4.24. The summed E-state index contributed by atoms with van der Waals surface area (Å²) >= 11 is 11.5. The quantitative estimate of drug-likeness (QED) is 0.159. The highest BCUT2D eigenvalue weighted by Gasteiger charge is 2.20. The van der Waals surface area contributed by atoms with Gasteiger partial charge in [0.2, 0.25) is 11.8 Å². The molecule has 0 saturated heterocycles. The molecule has 8 N–H and O–H groups in total. The van der Waals surface area contributed by atoms with Gasteiger partial charge in [0.25, 0.3) is 0 Å². The number of thiol groups is 2. The largest absolute Gasteiger partial charge is 0.480 e. The summed E-state index contributed by atoms with van der Waals surface area (Å²) in [6.07, 6.45) is -0.235. The summed E-state index contributed by atoms with van der Waals surface area (Å²) in [6.45, 7) is -0.567. The van der Waals surface area contributed by atoms with Crippen LogP contribution in [0.5, 0.6) is 0 Å². The molecule has 13 heteroatoms. The highest BCUT2D eigenvalue weighted by molar-refractivity contribution is 8.10. The molecule has 24 heavy (non-hydrogen) atoms. The predicted molar refractivity (Wildman–Crippen MR) is 97.0 cm³/mol. The van der Waals surface area contributed by atoms with Crippen LogP contribution in [-0.4, -0.2) is 62.7 Å². The molecule has 0 rings (SSSR count). The van der Waals surface area contributed by atoms with Crippen molar-refractivity contribution in [3.05, 3.63) is 0 Å². The number of hydrogen-bond acceptors (Lipinski definition) is 7. The fourth-order valence-electron chi connectivity index (χ4n) is 1.16. The Bertz CT molecular complexity index is 473. The van der Waals surface area contributed by atoms with Gasteiger partial charge in [-0.15, -0.1) is 12.6 Å². The monoisotopic (exact) mass is 400 g/mol. The van der Waals surface area contributed by atoms with Gasteiger partial charge in [-0.2, -0.15) is 12.6 Å². The molecule has 0 heterocycles. The molecule has 0 aromatic carbocycles. The van der Waals surface area contributed by atoms with Crippen LogP contribution in [-0.2, 0) is 19.2 Å². The average Bonchev–Trinajstić information content (AvgIpc) is 2.46. The Hall–Kier alpha value is -1.57. The molecule has 0 radical (unpaired) electrons. The van der Waals surface area contributed by atoms with Gasteiger partial charge in [0.1, 0.15) is 22.9 Å². The van der Waals surface area contributed by atoms with E-state index in [0.717, 1.165) is 0 Å². The van der Waals surface area contributed by atoms with Crippen molar-refractivity contribution in [3.63, 3.8) is 0 Å². The van der Waals surface area contributed by atoms with Crippen LogP contribution in [0.3, 0.4) is 0 Å². The van der Waals surface area contributed by atoms with E-state index in [2.05, 4.69) is 48.1 Å².